The molecule has 322 valence electrons. The van der Waals surface area contributed by atoms with Crippen LogP contribution in [0.5, 0.6) is 5.75 Å². The van der Waals surface area contributed by atoms with Crippen molar-refractivity contribution in [2.24, 2.45) is 0 Å². The van der Waals surface area contributed by atoms with E-state index in [1.54, 1.807) is 12.1 Å². The Hall–Kier alpha value is -4.32. The molecule has 0 heterocycles. The fraction of sp³-hybridized carbons (Fsp3) is 0.467. The van der Waals surface area contributed by atoms with Gasteiger partial charge in [0, 0.05) is 12.1 Å². The molecule has 0 aliphatic heterocycles. The molecular formula is C45H59NO13. The highest BCUT2D eigenvalue weighted by Gasteiger charge is 2.37. The fourth-order valence-electron chi connectivity index (χ4n) is 5.77. The third-order valence-corrected chi connectivity index (χ3v) is 8.61. The van der Waals surface area contributed by atoms with E-state index < -0.39 is 10.5 Å². The van der Waals surface area contributed by atoms with Crippen LogP contribution in [0.2, 0.25) is 0 Å². The Kier molecular flexibility index (Phi) is 24.6. The minimum atomic E-state index is -0.760. The first kappa shape index (κ1) is 47.4. The third kappa shape index (κ3) is 19.1. The Labute approximate surface area is 347 Å². The second-order valence-corrected chi connectivity index (χ2v) is 12.7. The smallest absolute Gasteiger partial charge is 0.269 e. The largest absolute Gasteiger partial charge is 0.491 e. The van der Waals surface area contributed by atoms with Gasteiger partial charge in [-0.2, -0.15) is 0 Å². The number of rotatable bonds is 36. The van der Waals surface area contributed by atoms with Gasteiger partial charge >= 0.3 is 0 Å². The first-order chi connectivity index (χ1) is 29.2. The van der Waals surface area contributed by atoms with Gasteiger partial charge in [-0.05, 0) is 28.8 Å². The molecular weight excluding hydrogens is 762 g/mol. The third-order valence-electron chi connectivity index (χ3n) is 8.61. The summed E-state index contributed by atoms with van der Waals surface area (Å²) >= 11 is 0. The van der Waals surface area contributed by atoms with Crippen molar-refractivity contribution in [3.05, 3.63) is 142 Å². The predicted octanol–water partition coefficient (Wildman–Crippen LogP) is 6.13. The van der Waals surface area contributed by atoms with E-state index in [9.17, 15) is 10.1 Å². The molecule has 0 radical (unpaired) electrons. The Bertz CT molecular complexity index is 1500. The molecule has 0 fully saturated rings. The van der Waals surface area contributed by atoms with Crippen LogP contribution in [0.15, 0.2) is 115 Å². The van der Waals surface area contributed by atoms with Gasteiger partial charge in [0.1, 0.15) is 18.0 Å². The van der Waals surface area contributed by atoms with Crippen molar-refractivity contribution in [3.8, 4) is 5.75 Å². The average molecular weight is 822 g/mol. The van der Waals surface area contributed by atoms with Gasteiger partial charge in [-0.15, -0.1) is 0 Å². The molecule has 0 aromatic heterocycles. The summed E-state index contributed by atoms with van der Waals surface area (Å²) in [5.74, 6) is 0.554. The van der Waals surface area contributed by atoms with E-state index in [1.165, 1.54) is 12.1 Å². The lowest BCUT2D eigenvalue weighted by molar-refractivity contribution is -0.384. The summed E-state index contributed by atoms with van der Waals surface area (Å²) in [6.45, 7) is 9.07. The van der Waals surface area contributed by atoms with E-state index >= 15 is 0 Å². The van der Waals surface area contributed by atoms with Gasteiger partial charge in [0.05, 0.1) is 130 Å². The Morgan fingerprint density at radius 3 is 0.915 bits per heavy atom. The fourth-order valence-corrected chi connectivity index (χ4v) is 5.77. The Morgan fingerprint density at radius 1 is 0.356 bits per heavy atom. The molecule has 0 aliphatic rings. The van der Waals surface area contributed by atoms with Crippen LogP contribution in [0.25, 0.3) is 0 Å². The number of hydrogen-bond acceptors (Lipinski definition) is 13. The molecule has 0 saturated heterocycles. The number of non-ortho nitro benzene ring substituents is 1. The van der Waals surface area contributed by atoms with E-state index in [0.29, 0.717) is 138 Å². The van der Waals surface area contributed by atoms with Gasteiger partial charge in [-0.3, -0.25) is 10.1 Å². The molecule has 0 bridgehead atoms. The summed E-state index contributed by atoms with van der Waals surface area (Å²) < 4.78 is 62.3. The zero-order valence-corrected chi connectivity index (χ0v) is 33.9. The highest BCUT2D eigenvalue weighted by atomic mass is 16.6. The summed E-state index contributed by atoms with van der Waals surface area (Å²) in [6.07, 6.45) is 0. The molecule has 14 nitrogen and oxygen atoms in total. The molecule has 0 saturated carbocycles. The SMILES string of the molecule is O=[N+]([O-])c1ccc(OCCOCCOCCOCCOCCOCCOCCOCCOCCOCCOC(c2ccccc2)(c2ccccc2)c2ccccc2)cc1. The second-order valence-electron chi connectivity index (χ2n) is 12.7. The van der Waals surface area contributed by atoms with E-state index in [4.69, 9.17) is 52.1 Å². The molecule has 4 aromatic carbocycles. The van der Waals surface area contributed by atoms with Crippen LogP contribution in [0.4, 0.5) is 5.69 Å². The maximum Gasteiger partial charge on any atom is 0.269 e. The van der Waals surface area contributed by atoms with Gasteiger partial charge in [-0.25, -0.2) is 0 Å². The van der Waals surface area contributed by atoms with Crippen molar-refractivity contribution in [2.45, 2.75) is 5.60 Å². The lowest BCUT2D eigenvalue weighted by Crippen LogP contribution is -2.34. The van der Waals surface area contributed by atoms with Crippen LogP contribution in [0.3, 0.4) is 0 Å². The van der Waals surface area contributed by atoms with Crippen LogP contribution in [-0.4, -0.2) is 137 Å². The van der Waals surface area contributed by atoms with Crippen molar-refractivity contribution in [1.29, 1.82) is 0 Å². The molecule has 4 aromatic rings. The predicted molar refractivity (Wildman–Crippen MR) is 221 cm³/mol. The summed E-state index contributed by atoms with van der Waals surface area (Å²) in [5, 5.41) is 10.7. The highest BCUT2D eigenvalue weighted by Crippen LogP contribution is 2.40. The van der Waals surface area contributed by atoms with Gasteiger partial charge in [0.15, 0.2) is 0 Å². The first-order valence-corrected chi connectivity index (χ1v) is 20.1. The minimum absolute atomic E-state index is 0.0240. The number of hydrogen-bond donors (Lipinski definition) is 0. The molecule has 0 unspecified atom stereocenters. The molecule has 0 amide bonds. The van der Waals surface area contributed by atoms with Gasteiger partial charge in [0.25, 0.3) is 5.69 Å². The summed E-state index contributed by atoms with van der Waals surface area (Å²) in [5.41, 5.74) is 2.45. The molecule has 0 atom stereocenters. The van der Waals surface area contributed by atoms with Crippen molar-refractivity contribution < 1.29 is 57.0 Å². The lowest BCUT2D eigenvalue weighted by atomic mass is 9.80. The van der Waals surface area contributed by atoms with Gasteiger partial charge in [-0.1, -0.05) is 91.0 Å². The number of nitrogens with zero attached hydrogens (tertiary/aromatic N) is 1. The van der Waals surface area contributed by atoms with E-state index in [0.717, 1.165) is 16.7 Å². The number of benzene rings is 4. The average Bonchev–Trinajstić information content (AvgIpc) is 3.28. The molecule has 0 N–H and O–H groups in total. The number of ether oxygens (including phenoxy) is 11. The zero-order valence-electron chi connectivity index (χ0n) is 33.9. The summed E-state index contributed by atoms with van der Waals surface area (Å²) in [4.78, 5) is 10.2. The van der Waals surface area contributed by atoms with Crippen LogP contribution in [0, 0.1) is 10.1 Å². The van der Waals surface area contributed by atoms with Crippen LogP contribution in [-0.2, 0) is 53.0 Å². The zero-order chi connectivity index (χ0) is 41.3. The molecule has 4 rings (SSSR count). The number of nitro groups is 1. The second kappa shape index (κ2) is 30.7. The molecule has 0 spiro atoms. The highest BCUT2D eigenvalue weighted by molar-refractivity contribution is 5.47. The van der Waals surface area contributed by atoms with Gasteiger partial charge in [0.2, 0.25) is 0 Å². The van der Waals surface area contributed by atoms with Crippen molar-refractivity contribution in [1.82, 2.24) is 0 Å². The molecule has 59 heavy (non-hydrogen) atoms. The summed E-state index contributed by atoms with van der Waals surface area (Å²) in [7, 11) is 0. The monoisotopic (exact) mass is 821 g/mol. The van der Waals surface area contributed by atoms with Crippen LogP contribution >= 0.6 is 0 Å². The van der Waals surface area contributed by atoms with E-state index in [1.807, 2.05) is 54.6 Å². The Morgan fingerprint density at radius 2 is 0.627 bits per heavy atom. The standard InChI is InChI=1S/C45H59NO13/c47-46(48)43-16-18-44(19-17-43)58-38-36-56-34-32-54-30-28-52-26-24-50-22-20-49-21-23-51-25-27-53-29-31-55-33-35-57-37-39-59-45(40-10-4-1-5-11-40,41-12-6-2-7-13-41)42-14-8-3-9-15-42/h1-19H,20-39H2. The van der Waals surface area contributed by atoms with Crippen LogP contribution in [0.1, 0.15) is 16.7 Å². The molecule has 14 heteroatoms. The number of nitro benzene ring substituents is 1. The quantitative estimate of drug-likeness (QED) is 0.0225. The topological polar surface area (TPSA) is 145 Å². The maximum atomic E-state index is 10.7. The maximum absolute atomic E-state index is 10.7. The van der Waals surface area contributed by atoms with E-state index in [2.05, 4.69) is 36.4 Å². The minimum Gasteiger partial charge on any atom is -0.491 e. The first-order valence-electron chi connectivity index (χ1n) is 20.1. The van der Waals surface area contributed by atoms with Crippen LogP contribution < -0.4 is 4.74 Å². The Balaban J connectivity index is 0.861. The van der Waals surface area contributed by atoms with Crippen molar-refractivity contribution in [2.75, 3.05) is 132 Å². The van der Waals surface area contributed by atoms with Gasteiger partial charge < -0.3 is 52.1 Å². The lowest BCUT2D eigenvalue weighted by Gasteiger charge is -2.36. The normalized spacial score (nSPS) is 11.5. The molecule has 0 aliphatic carbocycles. The van der Waals surface area contributed by atoms with E-state index in [-0.39, 0.29) is 5.69 Å². The summed E-state index contributed by atoms with van der Waals surface area (Å²) in [6, 6.07) is 36.8. The van der Waals surface area contributed by atoms with Crippen molar-refractivity contribution in [3.63, 3.8) is 0 Å². The van der Waals surface area contributed by atoms with Crippen molar-refractivity contribution >= 4 is 5.69 Å².